The number of carbonyl (C=O) groups excluding carboxylic acids is 1. The number of nitrogens with zero attached hydrogens (tertiary/aromatic N) is 4. The van der Waals surface area contributed by atoms with Gasteiger partial charge in [-0.25, -0.2) is 9.97 Å². The summed E-state index contributed by atoms with van der Waals surface area (Å²) in [5.41, 5.74) is 1.92. The van der Waals surface area contributed by atoms with Gasteiger partial charge < -0.3 is 24.3 Å². The average molecular weight is 464 g/mol. The second-order valence-corrected chi connectivity index (χ2v) is 7.20. The van der Waals surface area contributed by atoms with Crippen LogP contribution < -0.4 is 24.3 Å². The predicted octanol–water partition coefficient (Wildman–Crippen LogP) is 3.45. The summed E-state index contributed by atoms with van der Waals surface area (Å²) in [5, 5.41) is 10.1. The fourth-order valence-corrected chi connectivity index (χ4v) is 3.29. The molecule has 0 fully saturated rings. The van der Waals surface area contributed by atoms with Crippen LogP contribution in [0, 0.1) is 6.92 Å². The Morgan fingerprint density at radius 2 is 1.88 bits per heavy atom. The van der Waals surface area contributed by atoms with E-state index in [4.69, 9.17) is 18.9 Å². The first-order valence-corrected chi connectivity index (χ1v) is 10.5. The van der Waals surface area contributed by atoms with Gasteiger partial charge in [0.15, 0.2) is 23.1 Å². The average Bonchev–Trinajstić information content (AvgIpc) is 3.24. The van der Waals surface area contributed by atoms with Crippen LogP contribution in [0.4, 0.5) is 5.82 Å². The number of aromatic nitrogens is 5. The minimum absolute atomic E-state index is 0.00357. The molecule has 0 saturated carbocycles. The fourth-order valence-electron chi connectivity index (χ4n) is 3.29. The third-order valence-corrected chi connectivity index (χ3v) is 4.94. The van der Waals surface area contributed by atoms with Crippen LogP contribution in [0.2, 0.25) is 0 Å². The molecule has 0 aliphatic heterocycles. The predicted molar refractivity (Wildman–Crippen MR) is 124 cm³/mol. The molecule has 0 saturated heterocycles. The SMILES string of the molecule is CCOc1cc2ncnc(Oc3cnc(CC(=O)Nc4n[nH]cc4C)c(OC)c3)c2cc1OC. The van der Waals surface area contributed by atoms with Crippen molar-refractivity contribution in [3.05, 3.63) is 48.2 Å². The molecule has 3 aromatic heterocycles. The number of hydrogen-bond acceptors (Lipinski definition) is 9. The number of nitrogens with one attached hydrogen (secondary N) is 2. The topological polar surface area (TPSA) is 133 Å². The molecule has 176 valence electrons. The van der Waals surface area contributed by atoms with Gasteiger partial charge in [-0.1, -0.05) is 0 Å². The summed E-state index contributed by atoms with van der Waals surface area (Å²) in [5.74, 6) is 2.43. The number of anilines is 1. The lowest BCUT2D eigenvalue weighted by Crippen LogP contribution is -2.16. The highest BCUT2D eigenvalue weighted by atomic mass is 16.5. The molecule has 0 bridgehead atoms. The molecule has 1 aromatic carbocycles. The van der Waals surface area contributed by atoms with Crippen molar-refractivity contribution in [3.8, 4) is 28.9 Å². The Morgan fingerprint density at radius 3 is 2.59 bits per heavy atom. The highest BCUT2D eigenvalue weighted by Gasteiger charge is 2.16. The highest BCUT2D eigenvalue weighted by molar-refractivity contribution is 5.92. The van der Waals surface area contributed by atoms with Gasteiger partial charge in [-0.2, -0.15) is 5.10 Å². The number of H-pyrrole nitrogens is 1. The van der Waals surface area contributed by atoms with Gasteiger partial charge >= 0.3 is 0 Å². The molecule has 3 heterocycles. The van der Waals surface area contributed by atoms with Crippen molar-refractivity contribution < 1.29 is 23.7 Å². The van der Waals surface area contributed by atoms with Crippen LogP contribution in [-0.2, 0) is 11.2 Å². The van der Waals surface area contributed by atoms with Crippen molar-refractivity contribution in [3.63, 3.8) is 0 Å². The monoisotopic (exact) mass is 464 g/mol. The Morgan fingerprint density at radius 1 is 1.06 bits per heavy atom. The van der Waals surface area contributed by atoms with Crippen molar-refractivity contribution in [2.24, 2.45) is 0 Å². The van der Waals surface area contributed by atoms with Gasteiger partial charge in [0.25, 0.3) is 0 Å². The van der Waals surface area contributed by atoms with Gasteiger partial charge in [0, 0.05) is 23.9 Å². The van der Waals surface area contributed by atoms with E-state index in [2.05, 4.69) is 30.5 Å². The van der Waals surface area contributed by atoms with E-state index in [9.17, 15) is 4.79 Å². The largest absolute Gasteiger partial charge is 0.495 e. The van der Waals surface area contributed by atoms with Gasteiger partial charge in [0.05, 0.1) is 50.0 Å². The maximum absolute atomic E-state index is 12.4. The van der Waals surface area contributed by atoms with E-state index in [1.54, 1.807) is 31.5 Å². The minimum atomic E-state index is -0.270. The van der Waals surface area contributed by atoms with E-state index in [1.807, 2.05) is 13.8 Å². The van der Waals surface area contributed by atoms with E-state index in [-0.39, 0.29) is 12.3 Å². The Hall–Kier alpha value is -4.41. The number of ether oxygens (including phenoxy) is 4. The van der Waals surface area contributed by atoms with Crippen LogP contribution in [0.1, 0.15) is 18.2 Å². The van der Waals surface area contributed by atoms with E-state index in [0.717, 1.165) is 5.56 Å². The van der Waals surface area contributed by atoms with Crippen molar-refractivity contribution in [2.75, 3.05) is 26.1 Å². The third kappa shape index (κ3) is 4.82. The smallest absolute Gasteiger partial charge is 0.231 e. The molecule has 2 N–H and O–H groups in total. The van der Waals surface area contributed by atoms with Gasteiger partial charge in [-0.05, 0) is 19.9 Å². The maximum Gasteiger partial charge on any atom is 0.231 e. The molecule has 4 rings (SSSR count). The molecule has 0 radical (unpaired) electrons. The van der Waals surface area contributed by atoms with Crippen LogP contribution in [0.25, 0.3) is 10.9 Å². The molecule has 0 spiro atoms. The number of aryl methyl sites for hydroxylation is 1. The Labute approximate surface area is 195 Å². The lowest BCUT2D eigenvalue weighted by molar-refractivity contribution is -0.115. The van der Waals surface area contributed by atoms with Crippen LogP contribution in [0.15, 0.2) is 36.9 Å². The normalized spacial score (nSPS) is 10.7. The van der Waals surface area contributed by atoms with Gasteiger partial charge in [0.1, 0.15) is 12.1 Å². The van der Waals surface area contributed by atoms with Gasteiger partial charge in [0.2, 0.25) is 11.8 Å². The summed E-state index contributed by atoms with van der Waals surface area (Å²) in [4.78, 5) is 25.3. The molecule has 11 nitrogen and oxygen atoms in total. The number of benzene rings is 1. The third-order valence-electron chi connectivity index (χ3n) is 4.94. The van der Waals surface area contributed by atoms with Crippen LogP contribution in [0.5, 0.6) is 28.9 Å². The standard InChI is InChI=1S/C23H24N6O5/c1-5-33-20-8-16-15(7-19(20)32-4)23(26-12-25-16)34-14-6-18(31-3)17(24-11-14)9-21(30)28-22-13(2)10-27-29-22/h6-8,10-12H,5,9H2,1-4H3,(H2,27,28,29,30). The number of amides is 1. The van der Waals surface area contributed by atoms with E-state index < -0.39 is 0 Å². The molecule has 0 aliphatic rings. The fraction of sp³-hybridized carbons (Fsp3) is 0.261. The number of pyridine rings is 1. The molecular weight excluding hydrogens is 440 g/mol. The molecule has 0 atom stereocenters. The van der Waals surface area contributed by atoms with E-state index in [1.165, 1.54) is 19.6 Å². The van der Waals surface area contributed by atoms with E-state index >= 15 is 0 Å². The molecular formula is C23H24N6O5. The number of carbonyl (C=O) groups is 1. The minimum Gasteiger partial charge on any atom is -0.495 e. The van der Waals surface area contributed by atoms with Gasteiger partial charge in [-0.15, -0.1) is 0 Å². The second kappa shape index (κ2) is 10.0. The Balaban J connectivity index is 1.57. The summed E-state index contributed by atoms with van der Waals surface area (Å²) < 4.78 is 22.5. The summed E-state index contributed by atoms with van der Waals surface area (Å²) in [6.07, 6.45) is 4.61. The number of hydrogen-bond donors (Lipinski definition) is 2. The zero-order valence-electron chi connectivity index (χ0n) is 19.2. The number of fused-ring (bicyclic) bond motifs is 1. The number of methoxy groups -OCH3 is 2. The van der Waals surface area contributed by atoms with Crippen molar-refractivity contribution >= 4 is 22.6 Å². The summed E-state index contributed by atoms with van der Waals surface area (Å²) >= 11 is 0. The van der Waals surface area contributed by atoms with Crippen LogP contribution in [0.3, 0.4) is 0 Å². The Bertz CT molecular complexity index is 1320. The van der Waals surface area contributed by atoms with Crippen molar-refractivity contribution in [2.45, 2.75) is 20.3 Å². The maximum atomic E-state index is 12.4. The van der Waals surface area contributed by atoms with Crippen molar-refractivity contribution in [1.29, 1.82) is 0 Å². The number of aromatic amines is 1. The van der Waals surface area contributed by atoms with Crippen LogP contribution >= 0.6 is 0 Å². The lowest BCUT2D eigenvalue weighted by Gasteiger charge is -2.13. The quantitative estimate of drug-likeness (QED) is 0.382. The van der Waals surface area contributed by atoms with Crippen LogP contribution in [-0.4, -0.2) is 51.9 Å². The lowest BCUT2D eigenvalue weighted by atomic mass is 10.2. The molecule has 4 aromatic rings. The summed E-state index contributed by atoms with van der Waals surface area (Å²) in [6.45, 7) is 4.23. The molecule has 0 unspecified atom stereocenters. The van der Waals surface area contributed by atoms with Gasteiger partial charge in [-0.3, -0.25) is 14.9 Å². The highest BCUT2D eigenvalue weighted by Crippen LogP contribution is 2.36. The first kappa shape index (κ1) is 22.8. The first-order valence-electron chi connectivity index (χ1n) is 10.5. The molecule has 1 amide bonds. The molecule has 34 heavy (non-hydrogen) atoms. The summed E-state index contributed by atoms with van der Waals surface area (Å²) in [6, 6.07) is 5.18. The second-order valence-electron chi connectivity index (χ2n) is 7.20. The Kier molecular flexibility index (Phi) is 6.72. The number of rotatable bonds is 9. The van der Waals surface area contributed by atoms with Crippen molar-refractivity contribution in [1.82, 2.24) is 25.1 Å². The zero-order valence-corrected chi connectivity index (χ0v) is 19.2. The molecule has 11 heteroatoms. The first-order chi connectivity index (χ1) is 16.5. The zero-order chi connectivity index (χ0) is 24.1. The molecule has 0 aliphatic carbocycles. The van der Waals surface area contributed by atoms with E-state index in [0.29, 0.717) is 57.9 Å². The summed E-state index contributed by atoms with van der Waals surface area (Å²) in [7, 11) is 3.06.